The standard InChI is InChI=1S/C20H28N6O8/c1-20(2,3)34-19(31)22-6-10(27)4-5-12(28)32-7-11-14(29)15(30)18(33-11)26-9-25-13-16(21)23-8-24-17(13)26/h8-9,11,14-15,18,29-30H,4-7H2,1-3H3,(H,22,31)(H2,21,23,24)/t11-,14-,15-,18-/m1/s1. The van der Waals surface area contributed by atoms with Crippen LogP contribution in [0.5, 0.6) is 0 Å². The first-order chi connectivity index (χ1) is 16.0. The monoisotopic (exact) mass is 480 g/mol. The Hall–Kier alpha value is -3.36. The van der Waals surface area contributed by atoms with E-state index >= 15 is 0 Å². The van der Waals surface area contributed by atoms with Gasteiger partial charge in [-0.1, -0.05) is 0 Å². The Balaban J connectivity index is 1.45. The number of amides is 1. The lowest BCUT2D eigenvalue weighted by molar-refractivity contribution is -0.150. The van der Waals surface area contributed by atoms with Gasteiger partial charge in [0, 0.05) is 6.42 Å². The van der Waals surface area contributed by atoms with Gasteiger partial charge in [0.15, 0.2) is 23.5 Å². The molecule has 1 aliphatic heterocycles. The van der Waals surface area contributed by atoms with Crippen LogP contribution in [-0.2, 0) is 23.8 Å². The smallest absolute Gasteiger partial charge is 0.408 e. The van der Waals surface area contributed by atoms with Crippen LogP contribution in [0, 0.1) is 0 Å². The zero-order valence-electron chi connectivity index (χ0n) is 19.0. The van der Waals surface area contributed by atoms with Gasteiger partial charge in [0.2, 0.25) is 0 Å². The van der Waals surface area contributed by atoms with Crippen LogP contribution in [0.1, 0.15) is 39.8 Å². The van der Waals surface area contributed by atoms with Gasteiger partial charge in [0.05, 0.1) is 19.3 Å². The van der Waals surface area contributed by atoms with Crippen molar-refractivity contribution in [3.8, 4) is 0 Å². The van der Waals surface area contributed by atoms with Crippen molar-refractivity contribution in [2.24, 2.45) is 0 Å². The highest BCUT2D eigenvalue weighted by molar-refractivity contribution is 5.86. The van der Waals surface area contributed by atoms with Gasteiger partial charge in [0.25, 0.3) is 0 Å². The lowest BCUT2D eigenvalue weighted by Gasteiger charge is -2.19. The van der Waals surface area contributed by atoms with Crippen molar-refractivity contribution in [2.45, 2.75) is 63.8 Å². The highest BCUT2D eigenvalue weighted by Crippen LogP contribution is 2.32. The summed E-state index contributed by atoms with van der Waals surface area (Å²) >= 11 is 0. The third kappa shape index (κ3) is 6.15. The van der Waals surface area contributed by atoms with Crippen molar-refractivity contribution in [3.63, 3.8) is 0 Å². The number of imidazole rings is 1. The molecule has 1 saturated heterocycles. The molecule has 3 rings (SSSR count). The van der Waals surface area contributed by atoms with Gasteiger partial charge in [0.1, 0.15) is 42.4 Å². The van der Waals surface area contributed by atoms with Crippen LogP contribution in [0.3, 0.4) is 0 Å². The van der Waals surface area contributed by atoms with Crippen molar-refractivity contribution in [1.82, 2.24) is 24.8 Å². The third-order valence-corrected chi connectivity index (χ3v) is 4.84. The van der Waals surface area contributed by atoms with Gasteiger partial charge >= 0.3 is 12.1 Å². The second-order valence-electron chi connectivity index (χ2n) is 8.71. The van der Waals surface area contributed by atoms with Crippen molar-refractivity contribution in [3.05, 3.63) is 12.7 Å². The van der Waals surface area contributed by atoms with Crippen LogP contribution < -0.4 is 11.1 Å². The topological polar surface area (TPSA) is 201 Å². The zero-order chi connectivity index (χ0) is 25.0. The van der Waals surface area contributed by atoms with Gasteiger partial charge < -0.3 is 35.5 Å². The molecule has 0 spiro atoms. The molecule has 0 aromatic carbocycles. The number of fused-ring (bicyclic) bond motifs is 1. The Morgan fingerprint density at radius 2 is 1.91 bits per heavy atom. The number of nitrogens with one attached hydrogen (secondary N) is 1. The fraction of sp³-hybridized carbons (Fsp3) is 0.600. The molecule has 0 aliphatic carbocycles. The number of rotatable bonds is 8. The van der Waals surface area contributed by atoms with Gasteiger partial charge in [-0.05, 0) is 20.8 Å². The number of aromatic nitrogens is 4. The van der Waals surface area contributed by atoms with E-state index in [0.717, 1.165) is 0 Å². The lowest BCUT2D eigenvalue weighted by Crippen LogP contribution is -2.35. The molecule has 14 heteroatoms. The van der Waals surface area contributed by atoms with Crippen LogP contribution in [0.4, 0.5) is 10.6 Å². The summed E-state index contributed by atoms with van der Waals surface area (Å²) in [6.07, 6.45) is -3.31. The molecule has 0 saturated carbocycles. The van der Waals surface area contributed by atoms with Crippen LogP contribution in [0.25, 0.3) is 11.2 Å². The zero-order valence-corrected chi connectivity index (χ0v) is 19.0. The van der Waals surface area contributed by atoms with Crippen molar-refractivity contribution in [1.29, 1.82) is 0 Å². The number of hydrogen-bond donors (Lipinski definition) is 4. The van der Waals surface area contributed by atoms with Crippen LogP contribution >= 0.6 is 0 Å². The minimum absolute atomic E-state index is 0.151. The average Bonchev–Trinajstić information content (AvgIpc) is 3.30. The molecule has 1 aliphatic rings. The SMILES string of the molecule is CC(C)(C)OC(=O)NCC(=O)CCC(=O)OC[C@H]1O[C@@H](n2cnc3c(N)ncnc32)[C@H](O)[C@@H]1O. The Morgan fingerprint density at radius 1 is 1.18 bits per heavy atom. The summed E-state index contributed by atoms with van der Waals surface area (Å²) in [4.78, 5) is 47.4. The van der Waals surface area contributed by atoms with Crippen LogP contribution in [0.2, 0.25) is 0 Å². The quantitative estimate of drug-likeness (QED) is 0.352. The van der Waals surface area contributed by atoms with E-state index in [9.17, 15) is 24.6 Å². The van der Waals surface area contributed by atoms with E-state index in [1.807, 2.05) is 0 Å². The summed E-state index contributed by atoms with van der Waals surface area (Å²) in [6.45, 7) is 4.45. The maximum absolute atomic E-state index is 12.0. The number of Topliss-reactive ketones (excluding diaryl/α,β-unsaturated/α-hetero) is 1. The molecule has 1 amide bonds. The van der Waals surface area contributed by atoms with Crippen molar-refractivity contribution in [2.75, 3.05) is 18.9 Å². The molecule has 14 nitrogen and oxygen atoms in total. The molecule has 4 atom stereocenters. The van der Waals surface area contributed by atoms with E-state index in [-0.39, 0.29) is 37.6 Å². The summed E-state index contributed by atoms with van der Waals surface area (Å²) in [7, 11) is 0. The fourth-order valence-corrected chi connectivity index (χ4v) is 3.21. The number of esters is 1. The van der Waals surface area contributed by atoms with Crippen molar-refractivity contribution >= 4 is 34.8 Å². The average molecular weight is 480 g/mol. The largest absolute Gasteiger partial charge is 0.463 e. The van der Waals surface area contributed by atoms with E-state index in [0.29, 0.717) is 11.2 Å². The highest BCUT2D eigenvalue weighted by atomic mass is 16.6. The first-order valence-corrected chi connectivity index (χ1v) is 10.5. The molecule has 1 fully saturated rings. The minimum atomic E-state index is -1.35. The van der Waals surface area contributed by atoms with Gasteiger partial charge in [-0.15, -0.1) is 0 Å². The number of hydrogen-bond acceptors (Lipinski definition) is 12. The Bertz CT molecular complexity index is 1050. The molecule has 3 heterocycles. The summed E-state index contributed by atoms with van der Waals surface area (Å²) in [5, 5.41) is 23.1. The third-order valence-electron chi connectivity index (χ3n) is 4.84. The van der Waals surface area contributed by atoms with E-state index in [2.05, 4.69) is 20.3 Å². The number of nitrogen functional groups attached to an aromatic ring is 1. The molecular formula is C20H28N6O8. The number of nitrogens with two attached hydrogens (primary N) is 1. The normalized spacial score (nSPS) is 22.5. The summed E-state index contributed by atoms with van der Waals surface area (Å²) in [5.74, 6) is -0.935. The van der Waals surface area contributed by atoms with Gasteiger partial charge in [-0.2, -0.15) is 0 Å². The molecule has 2 aromatic rings. The Labute approximate surface area is 194 Å². The maximum atomic E-state index is 12.0. The lowest BCUT2D eigenvalue weighted by atomic mass is 10.1. The number of aliphatic hydroxyl groups is 2. The first kappa shape index (κ1) is 25.3. The minimum Gasteiger partial charge on any atom is -0.463 e. The molecule has 186 valence electrons. The molecule has 34 heavy (non-hydrogen) atoms. The summed E-state index contributed by atoms with van der Waals surface area (Å²) in [5.41, 5.74) is 5.68. The Kier molecular flexibility index (Phi) is 7.64. The van der Waals surface area contributed by atoms with Crippen molar-refractivity contribution < 1.29 is 38.8 Å². The first-order valence-electron chi connectivity index (χ1n) is 10.5. The number of ether oxygens (including phenoxy) is 3. The Morgan fingerprint density at radius 3 is 2.62 bits per heavy atom. The van der Waals surface area contributed by atoms with E-state index in [4.69, 9.17) is 19.9 Å². The summed E-state index contributed by atoms with van der Waals surface area (Å²) < 4.78 is 17.2. The molecule has 0 radical (unpaired) electrons. The predicted molar refractivity (Wildman–Crippen MR) is 115 cm³/mol. The van der Waals surface area contributed by atoms with E-state index < -0.39 is 42.2 Å². The molecule has 2 aromatic heterocycles. The predicted octanol–water partition coefficient (Wildman–Crippen LogP) is -0.555. The number of anilines is 1. The van der Waals surface area contributed by atoms with Crippen LogP contribution in [-0.4, -0.2) is 84.6 Å². The highest BCUT2D eigenvalue weighted by Gasteiger charge is 2.45. The van der Waals surface area contributed by atoms with E-state index in [1.54, 1.807) is 20.8 Å². The number of ketones is 1. The molecular weight excluding hydrogens is 452 g/mol. The van der Waals surface area contributed by atoms with E-state index in [1.165, 1.54) is 17.2 Å². The number of carbonyl (C=O) groups excluding carboxylic acids is 3. The second-order valence-corrected chi connectivity index (χ2v) is 8.71. The summed E-state index contributed by atoms with van der Waals surface area (Å²) in [6, 6.07) is 0. The number of nitrogens with zero attached hydrogens (tertiary/aromatic N) is 4. The maximum Gasteiger partial charge on any atom is 0.408 e. The number of alkyl carbamates (subject to hydrolysis) is 1. The molecule has 0 bridgehead atoms. The number of carbonyl (C=O) groups is 3. The van der Waals surface area contributed by atoms with Gasteiger partial charge in [-0.3, -0.25) is 14.2 Å². The molecule has 5 N–H and O–H groups in total. The second kappa shape index (κ2) is 10.3. The molecule has 0 unspecified atom stereocenters. The van der Waals surface area contributed by atoms with Crippen LogP contribution in [0.15, 0.2) is 12.7 Å². The van der Waals surface area contributed by atoms with Gasteiger partial charge in [-0.25, -0.2) is 19.7 Å². The fourth-order valence-electron chi connectivity index (χ4n) is 3.21. The number of aliphatic hydroxyl groups excluding tert-OH is 2.